The predicted octanol–water partition coefficient (Wildman–Crippen LogP) is 1.22. The highest BCUT2D eigenvalue weighted by molar-refractivity contribution is 6.34. The molecule has 0 radical (unpaired) electrons. The molecule has 3 rings (SSSR count). The third kappa shape index (κ3) is 2.94. The van der Waals surface area contributed by atoms with E-state index in [0.29, 0.717) is 36.9 Å². The van der Waals surface area contributed by atoms with E-state index < -0.39 is 11.5 Å². The van der Waals surface area contributed by atoms with Gasteiger partial charge < -0.3 is 19.7 Å². The number of amides is 2. The molecule has 7 heteroatoms. The maximum absolute atomic E-state index is 12.6. The zero-order valence-corrected chi connectivity index (χ0v) is 13.6. The summed E-state index contributed by atoms with van der Waals surface area (Å²) in [7, 11) is 1.55. The Morgan fingerprint density at radius 3 is 2.83 bits per heavy atom. The smallest absolute Gasteiger partial charge is 0.249 e. The number of carbonyl (C=O) groups is 2. The molecule has 0 bridgehead atoms. The zero-order chi connectivity index (χ0) is 16.4. The summed E-state index contributed by atoms with van der Waals surface area (Å²) in [5, 5.41) is 3.37. The molecule has 0 saturated carbocycles. The molecular weight excluding hydrogens is 320 g/mol. The maximum Gasteiger partial charge on any atom is 0.249 e. The molecule has 2 aliphatic rings. The minimum Gasteiger partial charge on any atom is -0.383 e. The van der Waals surface area contributed by atoms with Crippen LogP contribution >= 0.6 is 11.6 Å². The van der Waals surface area contributed by atoms with Crippen molar-refractivity contribution in [3.8, 4) is 0 Å². The van der Waals surface area contributed by atoms with Gasteiger partial charge in [0, 0.05) is 13.7 Å². The lowest BCUT2D eigenvalue weighted by molar-refractivity contribution is -0.173. The van der Waals surface area contributed by atoms with Crippen LogP contribution in [0.2, 0.25) is 5.02 Å². The van der Waals surface area contributed by atoms with E-state index in [1.807, 2.05) is 12.1 Å². The summed E-state index contributed by atoms with van der Waals surface area (Å²) in [4.78, 5) is 26.7. The number of rotatable bonds is 5. The van der Waals surface area contributed by atoms with Crippen molar-refractivity contribution in [1.29, 1.82) is 0 Å². The number of methoxy groups -OCH3 is 1. The van der Waals surface area contributed by atoms with E-state index in [4.69, 9.17) is 21.1 Å². The van der Waals surface area contributed by atoms with Crippen LogP contribution in [0.15, 0.2) is 24.3 Å². The highest BCUT2D eigenvalue weighted by atomic mass is 35.5. The first-order valence-electron chi connectivity index (χ1n) is 7.51. The summed E-state index contributed by atoms with van der Waals surface area (Å²) in [5.41, 5.74) is 0.00169. The van der Waals surface area contributed by atoms with Gasteiger partial charge in [-0.2, -0.15) is 0 Å². The summed E-state index contributed by atoms with van der Waals surface area (Å²) < 4.78 is 10.3. The monoisotopic (exact) mass is 338 g/mol. The number of anilines is 1. The SMILES string of the molecule is COCC1(C(=O)NC2CCN(c3ccccc3Cl)C2=O)COC1. The number of nitrogens with one attached hydrogen (secondary N) is 1. The van der Waals surface area contributed by atoms with E-state index in [2.05, 4.69) is 5.32 Å². The van der Waals surface area contributed by atoms with E-state index in [0.717, 1.165) is 0 Å². The lowest BCUT2D eigenvalue weighted by atomic mass is 9.85. The Bertz CT molecular complexity index is 618. The first-order chi connectivity index (χ1) is 11.1. The van der Waals surface area contributed by atoms with E-state index in [-0.39, 0.29) is 18.4 Å². The minimum absolute atomic E-state index is 0.140. The topological polar surface area (TPSA) is 67.9 Å². The molecule has 1 aromatic rings. The van der Waals surface area contributed by atoms with Crippen LogP contribution in [-0.2, 0) is 19.1 Å². The van der Waals surface area contributed by atoms with Crippen LogP contribution < -0.4 is 10.2 Å². The minimum atomic E-state index is -0.674. The van der Waals surface area contributed by atoms with Crippen molar-refractivity contribution in [3.05, 3.63) is 29.3 Å². The summed E-state index contributed by atoms with van der Waals surface area (Å²) in [5.74, 6) is -0.329. The number of benzene rings is 1. The number of nitrogens with zero attached hydrogens (tertiary/aromatic N) is 1. The molecule has 1 N–H and O–H groups in total. The fraction of sp³-hybridized carbons (Fsp3) is 0.500. The number of carbonyl (C=O) groups excluding carboxylic acids is 2. The van der Waals surface area contributed by atoms with Gasteiger partial charge in [0.2, 0.25) is 11.8 Å². The number of halogens is 1. The molecule has 0 aromatic heterocycles. The molecule has 2 fully saturated rings. The summed E-state index contributed by atoms with van der Waals surface area (Å²) in [6.07, 6.45) is 0.555. The molecule has 0 spiro atoms. The van der Waals surface area contributed by atoms with E-state index in [1.165, 1.54) is 0 Å². The Kier molecular flexibility index (Phi) is 4.57. The fourth-order valence-corrected chi connectivity index (χ4v) is 3.18. The van der Waals surface area contributed by atoms with Gasteiger partial charge in [0.15, 0.2) is 0 Å². The Morgan fingerprint density at radius 1 is 1.48 bits per heavy atom. The second-order valence-electron chi connectivity index (χ2n) is 5.96. The van der Waals surface area contributed by atoms with Gasteiger partial charge in [-0.1, -0.05) is 23.7 Å². The third-order valence-electron chi connectivity index (χ3n) is 4.31. The molecule has 2 saturated heterocycles. The summed E-state index contributed by atoms with van der Waals surface area (Å²) in [6, 6.07) is 6.66. The number of hydrogen-bond acceptors (Lipinski definition) is 4. The largest absolute Gasteiger partial charge is 0.383 e. The number of ether oxygens (including phenoxy) is 2. The molecule has 2 heterocycles. The summed E-state index contributed by atoms with van der Waals surface area (Å²) >= 11 is 6.15. The van der Waals surface area contributed by atoms with E-state index in [1.54, 1.807) is 24.1 Å². The van der Waals surface area contributed by atoms with Crippen LogP contribution in [0.25, 0.3) is 0 Å². The van der Waals surface area contributed by atoms with Crippen LogP contribution in [0.3, 0.4) is 0 Å². The maximum atomic E-state index is 12.6. The normalized spacial score (nSPS) is 22.8. The lowest BCUT2D eigenvalue weighted by Gasteiger charge is -2.39. The lowest BCUT2D eigenvalue weighted by Crippen LogP contribution is -2.59. The van der Waals surface area contributed by atoms with E-state index >= 15 is 0 Å². The van der Waals surface area contributed by atoms with Crippen LogP contribution in [0.1, 0.15) is 6.42 Å². The van der Waals surface area contributed by atoms with Gasteiger partial charge >= 0.3 is 0 Å². The fourth-order valence-electron chi connectivity index (χ4n) is 2.94. The molecule has 1 unspecified atom stereocenters. The van der Waals surface area contributed by atoms with E-state index in [9.17, 15) is 9.59 Å². The van der Waals surface area contributed by atoms with Crippen LogP contribution in [0.5, 0.6) is 0 Å². The molecule has 124 valence electrons. The zero-order valence-electron chi connectivity index (χ0n) is 12.9. The van der Waals surface area contributed by atoms with Crippen LogP contribution in [0.4, 0.5) is 5.69 Å². The van der Waals surface area contributed by atoms with Crippen molar-refractivity contribution in [1.82, 2.24) is 5.32 Å². The van der Waals surface area contributed by atoms with Crippen molar-refractivity contribution in [2.24, 2.45) is 5.41 Å². The molecule has 2 amide bonds. The van der Waals surface area contributed by atoms with Gasteiger partial charge in [-0.05, 0) is 18.6 Å². The Morgan fingerprint density at radius 2 is 2.22 bits per heavy atom. The second-order valence-corrected chi connectivity index (χ2v) is 6.37. The van der Waals surface area contributed by atoms with Crippen molar-refractivity contribution in [2.75, 3.05) is 38.4 Å². The number of para-hydroxylation sites is 1. The standard InChI is InChI=1S/C16H19ClN2O4/c1-22-8-16(9-23-10-16)15(21)18-12-6-7-19(14(12)20)13-5-3-2-4-11(13)17/h2-5,12H,6-10H2,1H3,(H,18,21). The Labute approximate surface area is 139 Å². The first kappa shape index (κ1) is 16.2. The molecule has 23 heavy (non-hydrogen) atoms. The van der Waals surface area contributed by atoms with Gasteiger partial charge in [0.05, 0.1) is 30.5 Å². The Hall–Kier alpha value is -1.63. The molecule has 2 aliphatic heterocycles. The van der Waals surface area contributed by atoms with Gasteiger partial charge in [0.1, 0.15) is 11.5 Å². The molecule has 0 aliphatic carbocycles. The Balaban J connectivity index is 1.68. The van der Waals surface area contributed by atoms with Gasteiger partial charge in [-0.25, -0.2) is 0 Å². The van der Waals surface area contributed by atoms with Crippen molar-refractivity contribution < 1.29 is 19.1 Å². The first-order valence-corrected chi connectivity index (χ1v) is 7.89. The average Bonchev–Trinajstić information content (AvgIpc) is 2.84. The molecule has 1 atom stereocenters. The molecule has 1 aromatic carbocycles. The predicted molar refractivity (Wildman–Crippen MR) is 85.5 cm³/mol. The van der Waals surface area contributed by atoms with Gasteiger partial charge in [-0.15, -0.1) is 0 Å². The second kappa shape index (κ2) is 6.47. The quantitative estimate of drug-likeness (QED) is 0.876. The van der Waals surface area contributed by atoms with Crippen molar-refractivity contribution in [3.63, 3.8) is 0 Å². The van der Waals surface area contributed by atoms with Crippen LogP contribution in [0, 0.1) is 5.41 Å². The van der Waals surface area contributed by atoms with Crippen molar-refractivity contribution >= 4 is 29.1 Å². The van der Waals surface area contributed by atoms with Crippen LogP contribution in [-0.4, -0.2) is 51.3 Å². The highest BCUT2D eigenvalue weighted by Crippen LogP contribution is 2.31. The van der Waals surface area contributed by atoms with Crippen molar-refractivity contribution in [2.45, 2.75) is 12.5 Å². The number of hydrogen-bond donors (Lipinski definition) is 1. The highest BCUT2D eigenvalue weighted by Gasteiger charge is 2.48. The van der Waals surface area contributed by atoms with Gasteiger partial charge in [0.25, 0.3) is 0 Å². The third-order valence-corrected chi connectivity index (χ3v) is 4.63. The molecular formula is C16H19ClN2O4. The average molecular weight is 339 g/mol. The summed E-state index contributed by atoms with van der Waals surface area (Å²) in [6.45, 7) is 1.46. The van der Waals surface area contributed by atoms with Gasteiger partial charge in [-0.3, -0.25) is 9.59 Å². The molecule has 6 nitrogen and oxygen atoms in total.